The van der Waals surface area contributed by atoms with E-state index in [-0.39, 0.29) is 30.8 Å². The molecule has 0 bridgehead atoms. The number of benzene rings is 10. The van der Waals surface area contributed by atoms with Gasteiger partial charge in [-0.2, -0.15) is 9.97 Å². The van der Waals surface area contributed by atoms with Crippen molar-refractivity contribution in [2.75, 3.05) is 85.5 Å². The number of morpholine rings is 3. The first-order valence-electron chi connectivity index (χ1n) is 42.9. The molecule has 10 aromatic carbocycles. The van der Waals surface area contributed by atoms with Gasteiger partial charge in [0.05, 0.1) is 64.0 Å². The Labute approximate surface area is 757 Å². The van der Waals surface area contributed by atoms with Crippen LogP contribution in [0.25, 0.3) is 0 Å². The lowest BCUT2D eigenvalue weighted by Crippen LogP contribution is -2.35. The lowest BCUT2D eigenvalue weighted by Gasteiger charge is -2.26. The fraction of sp³-hybridized carbons (Fsp3) is 0.255. The number of aromatic nitrogens is 6. The standard InChI is InChI=1S/C39H37N3O3.C29H27IN2O4.C25H25N3O3.C13H15NO/c1-3-7-35(8-4-1)28-44-38-37(40-30-41-39(38)45-29-36-9-5-2-6-10-36)22-21-33-15-13-31(14-16-33)11-12-32-17-19-34(20-18-32)27-42-23-25-43-26-24-42;1-2-34-29(33)25(17-21-13-15-24(30)16-14-21)26-27(35-18-22-9-5-3-6-10-22)28(32-20-31-26)36-19-23-11-7-4-8-12-23;29-24-23(26-18-27-25(24)30)12-11-21-5-3-19(4-6-21)1-2-20-7-9-22(10-8-20)17-28-13-15-31-16-14-28;1-2-12-3-5-13(6-4-12)11-14-7-9-15-10-8-14/h1-10,13-20,30H,21-29H2;3-16,20,25H,2,17-19H2,1H3;3-10,18,29H,11-17H2,(H,26,27,30);1,3-6H,7-11H2. The number of aromatic hydroxyl groups is 1. The summed E-state index contributed by atoms with van der Waals surface area (Å²) < 4.78 is 47.5. The number of aryl methyl sites for hydroxylation is 4. The van der Waals surface area contributed by atoms with Gasteiger partial charge in [0.1, 0.15) is 50.7 Å². The molecule has 0 spiro atoms. The van der Waals surface area contributed by atoms with E-state index >= 15 is 0 Å². The molecule has 3 aromatic heterocycles. The van der Waals surface area contributed by atoms with Crippen molar-refractivity contribution in [1.82, 2.24) is 44.6 Å². The van der Waals surface area contributed by atoms with Gasteiger partial charge in [-0.05, 0) is 190 Å². The lowest BCUT2D eigenvalue weighted by atomic mass is 9.95. The molecule has 3 fully saturated rings. The van der Waals surface area contributed by atoms with Crippen LogP contribution >= 0.6 is 22.6 Å². The smallest absolute Gasteiger partial charge is 0.315 e. The number of H-pyrrole nitrogens is 1. The summed E-state index contributed by atoms with van der Waals surface area (Å²) in [6, 6.07) is 89.4. The molecule has 0 radical (unpaired) electrons. The molecule has 13 aromatic rings. The van der Waals surface area contributed by atoms with Crippen molar-refractivity contribution in [3.8, 4) is 65.0 Å². The van der Waals surface area contributed by atoms with Crippen molar-refractivity contribution in [2.45, 2.75) is 91.0 Å². The number of esters is 1. The number of nitrogens with one attached hydrogen (secondary N) is 1. The van der Waals surface area contributed by atoms with E-state index in [4.69, 9.17) is 44.3 Å². The summed E-state index contributed by atoms with van der Waals surface area (Å²) in [7, 11) is 0. The van der Waals surface area contributed by atoms with Gasteiger partial charge in [0.2, 0.25) is 17.2 Å². The molecule has 21 heteroatoms. The second-order valence-corrected chi connectivity index (χ2v) is 31.6. The van der Waals surface area contributed by atoms with Crippen LogP contribution in [-0.2, 0) is 102 Å². The van der Waals surface area contributed by atoms with Crippen molar-refractivity contribution >= 4 is 28.6 Å². The topological polar surface area (TPSA) is 218 Å². The number of ether oxygens (including phenoxy) is 8. The second kappa shape index (κ2) is 50.1. The van der Waals surface area contributed by atoms with Crippen molar-refractivity contribution in [1.29, 1.82) is 0 Å². The number of hydrogen-bond acceptors (Lipinski definition) is 19. The van der Waals surface area contributed by atoms with Gasteiger partial charge in [0.25, 0.3) is 17.3 Å². The van der Waals surface area contributed by atoms with Gasteiger partial charge in [-0.3, -0.25) is 24.3 Å². The molecule has 0 saturated carbocycles. The minimum atomic E-state index is -0.683. The number of carbonyl (C=O) groups is 1. The van der Waals surface area contributed by atoms with Crippen molar-refractivity contribution in [3.63, 3.8) is 0 Å². The molecule has 6 heterocycles. The van der Waals surface area contributed by atoms with Crippen LogP contribution in [0.3, 0.4) is 0 Å². The fourth-order valence-electron chi connectivity index (χ4n) is 14.1. The minimum absolute atomic E-state index is 0.269. The highest BCUT2D eigenvalue weighted by Crippen LogP contribution is 2.37. The number of rotatable bonds is 29. The maximum absolute atomic E-state index is 13.2. The molecule has 0 aliphatic carbocycles. The average molecular weight is 1810 g/mol. The van der Waals surface area contributed by atoms with E-state index in [2.05, 4.69) is 182 Å². The van der Waals surface area contributed by atoms with Crippen LogP contribution in [0.1, 0.15) is 113 Å². The first kappa shape index (κ1) is 91.6. The fourth-order valence-corrected chi connectivity index (χ4v) is 14.4. The van der Waals surface area contributed by atoms with Gasteiger partial charge >= 0.3 is 5.97 Å². The highest BCUT2D eigenvalue weighted by atomic mass is 127. The Morgan fingerprint density at radius 1 is 0.417 bits per heavy atom. The number of nitrogens with zero attached hydrogens (tertiary/aromatic N) is 8. The van der Waals surface area contributed by atoms with Gasteiger partial charge in [0, 0.05) is 90.3 Å². The van der Waals surface area contributed by atoms with E-state index < -0.39 is 11.5 Å². The first-order valence-corrected chi connectivity index (χ1v) is 43.9. The van der Waals surface area contributed by atoms with Crippen molar-refractivity contribution in [3.05, 3.63) is 400 Å². The molecule has 3 saturated heterocycles. The quantitative estimate of drug-likeness (QED) is 0.0253. The zero-order valence-corrected chi connectivity index (χ0v) is 73.6. The number of hydrogen-bond donors (Lipinski definition) is 2. The van der Waals surface area contributed by atoms with E-state index in [0.29, 0.717) is 74.3 Å². The molecule has 16 rings (SSSR count). The number of aromatic amines is 1. The zero-order valence-electron chi connectivity index (χ0n) is 71.5. The van der Waals surface area contributed by atoms with Crippen LogP contribution in [0.15, 0.2) is 291 Å². The van der Waals surface area contributed by atoms with Gasteiger partial charge < -0.3 is 48.0 Å². The summed E-state index contributed by atoms with van der Waals surface area (Å²) in [5, 5.41) is 9.77. The van der Waals surface area contributed by atoms with Crippen LogP contribution in [0, 0.1) is 39.6 Å². The summed E-state index contributed by atoms with van der Waals surface area (Å²) in [5.74, 6) is 16.0. The summed E-state index contributed by atoms with van der Waals surface area (Å²) in [6.45, 7) is 17.3. The van der Waals surface area contributed by atoms with E-state index in [1.165, 1.54) is 34.9 Å². The minimum Gasteiger partial charge on any atom is -0.502 e. The Morgan fingerprint density at radius 2 is 0.772 bits per heavy atom. The largest absolute Gasteiger partial charge is 0.502 e. The van der Waals surface area contributed by atoms with Gasteiger partial charge in [-0.15, -0.1) is 6.42 Å². The molecule has 1 unspecified atom stereocenters. The van der Waals surface area contributed by atoms with Crippen molar-refractivity contribution < 1.29 is 47.8 Å². The summed E-state index contributed by atoms with van der Waals surface area (Å²) in [5.41, 5.74) is 17.4. The van der Waals surface area contributed by atoms with Crippen LogP contribution < -0.4 is 24.5 Å². The van der Waals surface area contributed by atoms with E-state index in [9.17, 15) is 14.7 Å². The Balaban J connectivity index is 0.000000152. The molecule has 20 nitrogen and oxygen atoms in total. The van der Waals surface area contributed by atoms with Gasteiger partial charge in [-0.25, -0.2) is 15.0 Å². The Morgan fingerprint density at radius 3 is 1.17 bits per heavy atom. The van der Waals surface area contributed by atoms with E-state index in [0.717, 1.165) is 175 Å². The third kappa shape index (κ3) is 30.3. The molecule has 3 aliphatic heterocycles. The highest BCUT2D eigenvalue weighted by Gasteiger charge is 2.31. The highest BCUT2D eigenvalue weighted by molar-refractivity contribution is 14.1. The summed E-state index contributed by atoms with van der Waals surface area (Å²) in [6.07, 6.45) is 12.7. The molecular weight excluding hydrogens is 1700 g/mol. The lowest BCUT2D eigenvalue weighted by molar-refractivity contribution is -0.145. The Bertz CT molecular complexity index is 5760. The number of carbonyl (C=O) groups excluding carboxylic acids is 1. The summed E-state index contributed by atoms with van der Waals surface area (Å²) >= 11 is 2.26. The van der Waals surface area contributed by atoms with Crippen LogP contribution in [0.4, 0.5) is 0 Å². The van der Waals surface area contributed by atoms with E-state index in [1.54, 1.807) is 13.3 Å². The predicted octanol–water partition coefficient (Wildman–Crippen LogP) is 16.8. The zero-order chi connectivity index (χ0) is 87.7. The van der Waals surface area contributed by atoms with Crippen LogP contribution in [0.5, 0.6) is 29.0 Å². The van der Waals surface area contributed by atoms with Crippen molar-refractivity contribution in [2.24, 2.45) is 0 Å². The third-order valence-corrected chi connectivity index (χ3v) is 21.9. The van der Waals surface area contributed by atoms with Crippen LogP contribution in [-0.4, -0.2) is 141 Å². The molecule has 646 valence electrons. The third-order valence-electron chi connectivity index (χ3n) is 21.2. The Hall–Kier alpha value is -13.1. The number of halogens is 1. The summed E-state index contributed by atoms with van der Waals surface area (Å²) in [4.78, 5) is 56.1. The molecule has 2 N–H and O–H groups in total. The SMILES string of the molecule is C#Cc1ccc(CN2CCOCC2)cc1.C(#Cc1ccc(CN2CCOCC2)cc1)c1ccc(CCc2ncnc(OCc3ccccc3)c2OCc2ccccc2)cc1.CCOC(=O)C(Cc1ccc(I)cc1)c1ncnc(OCc2ccccc2)c1OCc1ccccc1.O=c1[nH]cnc(CCc2ccc(C#Cc3ccc(CN4CCOCC4)cc3)cc2)c1O. The molecule has 127 heavy (non-hydrogen) atoms. The van der Waals surface area contributed by atoms with Gasteiger partial charge in [-0.1, -0.05) is 224 Å². The molecule has 3 aliphatic rings. The molecule has 1 atom stereocenters. The Kier molecular flexibility index (Phi) is 36.1. The second-order valence-electron chi connectivity index (χ2n) is 30.4. The average Bonchev–Trinajstić information content (AvgIpc) is 0.799. The monoisotopic (exact) mass is 1810 g/mol. The number of terminal acetylenes is 1. The van der Waals surface area contributed by atoms with Gasteiger partial charge in [0.15, 0.2) is 0 Å². The molecule has 0 amide bonds. The maximum Gasteiger partial charge on any atom is 0.315 e. The normalized spacial score (nSPS) is 13.4. The predicted molar refractivity (Wildman–Crippen MR) is 501 cm³/mol. The van der Waals surface area contributed by atoms with E-state index in [1.807, 2.05) is 182 Å². The maximum atomic E-state index is 13.2. The first-order chi connectivity index (χ1) is 62.5. The molecular formula is C106H104IN9O11. The van der Waals surface area contributed by atoms with Crippen LogP contribution in [0.2, 0.25) is 0 Å².